The second-order valence-electron chi connectivity index (χ2n) is 8.61. The van der Waals surface area contributed by atoms with Gasteiger partial charge in [0.05, 0.1) is 0 Å². The summed E-state index contributed by atoms with van der Waals surface area (Å²) in [6.07, 6.45) is 7.72. The quantitative estimate of drug-likeness (QED) is 0.858. The topological polar surface area (TPSA) is 32.5 Å². The maximum Gasteiger partial charge on any atom is 0.0110 e. The summed E-state index contributed by atoms with van der Waals surface area (Å²) in [4.78, 5) is 5.15. The second kappa shape index (κ2) is 5.82. The summed E-state index contributed by atoms with van der Waals surface area (Å²) in [5.41, 5.74) is 6.26. The number of piperazine rings is 1. The maximum absolute atomic E-state index is 6.26. The van der Waals surface area contributed by atoms with Crippen molar-refractivity contribution in [1.82, 2.24) is 9.80 Å². The van der Waals surface area contributed by atoms with Crippen LogP contribution in [0.15, 0.2) is 0 Å². The summed E-state index contributed by atoms with van der Waals surface area (Å²) >= 11 is 0. The van der Waals surface area contributed by atoms with Crippen LogP contribution in [-0.2, 0) is 0 Å². The molecule has 5 fully saturated rings. The van der Waals surface area contributed by atoms with Crippen LogP contribution < -0.4 is 5.73 Å². The van der Waals surface area contributed by atoms with Crippen LogP contribution in [0.5, 0.6) is 0 Å². The van der Waals surface area contributed by atoms with Gasteiger partial charge in [-0.15, -0.1) is 0 Å². The molecule has 0 spiro atoms. The number of hydrogen-bond donors (Lipinski definition) is 1. The van der Waals surface area contributed by atoms with Gasteiger partial charge in [0.15, 0.2) is 0 Å². The molecule has 21 heavy (non-hydrogen) atoms. The molecule has 2 N–H and O–H groups in total. The van der Waals surface area contributed by atoms with E-state index in [0.29, 0.717) is 0 Å². The van der Waals surface area contributed by atoms with Crippen molar-refractivity contribution < 1.29 is 0 Å². The Hall–Kier alpha value is -0.120. The highest BCUT2D eigenvalue weighted by Crippen LogP contribution is 2.58. The summed E-state index contributed by atoms with van der Waals surface area (Å²) in [6, 6.07) is 0. The van der Waals surface area contributed by atoms with Crippen molar-refractivity contribution in [3.8, 4) is 0 Å². The smallest absolute Gasteiger partial charge is 0.0110 e. The fourth-order valence-corrected chi connectivity index (χ4v) is 6.45. The molecule has 1 atom stereocenters. The molecule has 3 nitrogen and oxygen atoms in total. The monoisotopic (exact) mass is 291 g/mol. The SMILES string of the molecule is CN1CCN(CC(CN)C2C3CC4CC(C3)CC2C4)CC1. The van der Waals surface area contributed by atoms with Gasteiger partial charge in [-0.3, -0.25) is 0 Å². The highest BCUT2D eigenvalue weighted by molar-refractivity contribution is 5.00. The van der Waals surface area contributed by atoms with Gasteiger partial charge in [0.25, 0.3) is 0 Å². The minimum Gasteiger partial charge on any atom is -0.330 e. The summed E-state index contributed by atoms with van der Waals surface area (Å²) in [5, 5.41) is 0. The molecule has 0 amide bonds. The molecular formula is C18H33N3. The molecule has 1 aliphatic heterocycles. The highest BCUT2D eigenvalue weighted by Gasteiger charge is 2.50. The van der Waals surface area contributed by atoms with Crippen LogP contribution in [0.4, 0.5) is 0 Å². The van der Waals surface area contributed by atoms with Gasteiger partial charge < -0.3 is 15.5 Å². The zero-order chi connectivity index (χ0) is 14.4. The van der Waals surface area contributed by atoms with E-state index in [4.69, 9.17) is 5.73 Å². The molecule has 0 aromatic heterocycles. The number of likely N-dealkylation sites (N-methyl/N-ethyl adjacent to an activating group) is 1. The summed E-state index contributed by atoms with van der Waals surface area (Å²) in [6.45, 7) is 7.16. The first-order chi connectivity index (χ1) is 10.2. The lowest BCUT2D eigenvalue weighted by molar-refractivity contribution is -0.0664. The molecule has 0 aromatic rings. The Labute approximate surface area is 130 Å². The van der Waals surface area contributed by atoms with E-state index >= 15 is 0 Å². The predicted molar refractivity (Wildman–Crippen MR) is 87.0 cm³/mol. The Morgan fingerprint density at radius 3 is 2.00 bits per heavy atom. The van der Waals surface area contributed by atoms with E-state index in [2.05, 4.69) is 16.8 Å². The van der Waals surface area contributed by atoms with Gasteiger partial charge in [0.1, 0.15) is 0 Å². The van der Waals surface area contributed by atoms with Gasteiger partial charge in [-0.2, -0.15) is 0 Å². The van der Waals surface area contributed by atoms with E-state index < -0.39 is 0 Å². The van der Waals surface area contributed by atoms with E-state index in [9.17, 15) is 0 Å². The van der Waals surface area contributed by atoms with Crippen LogP contribution in [0.25, 0.3) is 0 Å². The Balaban J connectivity index is 1.41. The maximum atomic E-state index is 6.26. The molecule has 1 heterocycles. The zero-order valence-electron chi connectivity index (χ0n) is 13.7. The van der Waals surface area contributed by atoms with Crippen molar-refractivity contribution in [3.63, 3.8) is 0 Å². The second-order valence-corrected chi connectivity index (χ2v) is 8.61. The lowest BCUT2D eigenvalue weighted by atomic mass is 9.49. The lowest BCUT2D eigenvalue weighted by Gasteiger charge is -2.57. The first kappa shape index (κ1) is 14.5. The van der Waals surface area contributed by atoms with Gasteiger partial charge in [0.2, 0.25) is 0 Å². The Bertz CT molecular complexity index is 333. The predicted octanol–water partition coefficient (Wildman–Crippen LogP) is 1.88. The number of nitrogens with two attached hydrogens (primary N) is 1. The third-order valence-corrected chi connectivity index (χ3v) is 7.24. The van der Waals surface area contributed by atoms with Crippen molar-refractivity contribution in [1.29, 1.82) is 0 Å². The Kier molecular flexibility index (Phi) is 4.01. The van der Waals surface area contributed by atoms with E-state index in [0.717, 1.165) is 42.1 Å². The molecule has 0 aromatic carbocycles. The minimum atomic E-state index is 0.767. The molecular weight excluding hydrogens is 258 g/mol. The normalized spacial score (nSPS) is 45.1. The molecule has 120 valence electrons. The van der Waals surface area contributed by atoms with E-state index in [1.807, 2.05) is 0 Å². The molecule has 1 unspecified atom stereocenters. The molecule has 3 heteroatoms. The van der Waals surface area contributed by atoms with Crippen molar-refractivity contribution >= 4 is 0 Å². The van der Waals surface area contributed by atoms with Crippen molar-refractivity contribution in [2.75, 3.05) is 46.3 Å². The molecule has 5 aliphatic rings. The van der Waals surface area contributed by atoms with Crippen LogP contribution >= 0.6 is 0 Å². The molecule has 0 radical (unpaired) electrons. The number of rotatable bonds is 4. The first-order valence-electron chi connectivity index (χ1n) is 9.34. The summed E-state index contributed by atoms with van der Waals surface area (Å²) in [7, 11) is 2.25. The molecule has 4 bridgehead atoms. The summed E-state index contributed by atoms with van der Waals surface area (Å²) in [5.74, 6) is 5.96. The molecule has 1 saturated heterocycles. The van der Waals surface area contributed by atoms with Crippen LogP contribution in [-0.4, -0.2) is 56.1 Å². The minimum absolute atomic E-state index is 0.767. The Morgan fingerprint density at radius 2 is 1.48 bits per heavy atom. The molecule has 5 rings (SSSR count). The number of hydrogen-bond acceptors (Lipinski definition) is 3. The molecule has 4 saturated carbocycles. The van der Waals surface area contributed by atoms with Crippen LogP contribution in [0.1, 0.15) is 32.1 Å². The zero-order valence-corrected chi connectivity index (χ0v) is 13.7. The van der Waals surface area contributed by atoms with Gasteiger partial charge in [0, 0.05) is 32.7 Å². The molecule has 4 aliphatic carbocycles. The van der Waals surface area contributed by atoms with Crippen molar-refractivity contribution in [2.24, 2.45) is 41.2 Å². The van der Waals surface area contributed by atoms with Gasteiger partial charge in [-0.05, 0) is 81.2 Å². The van der Waals surface area contributed by atoms with Gasteiger partial charge >= 0.3 is 0 Å². The standard InChI is InChI=1S/C18H33N3/c1-20-2-4-21(5-3-20)12-17(11-19)18-15-7-13-6-14(9-15)10-16(18)8-13/h13-18H,2-12,19H2,1H3. The average Bonchev–Trinajstić information content (AvgIpc) is 2.47. The van der Waals surface area contributed by atoms with E-state index in [-0.39, 0.29) is 0 Å². The third kappa shape index (κ3) is 2.77. The lowest BCUT2D eigenvalue weighted by Crippen LogP contribution is -2.53. The highest BCUT2D eigenvalue weighted by atomic mass is 15.2. The number of nitrogens with zero attached hydrogens (tertiary/aromatic N) is 2. The van der Waals surface area contributed by atoms with Gasteiger partial charge in [-0.25, -0.2) is 0 Å². The van der Waals surface area contributed by atoms with Crippen molar-refractivity contribution in [3.05, 3.63) is 0 Å². The van der Waals surface area contributed by atoms with Crippen LogP contribution in [0, 0.1) is 35.5 Å². The van der Waals surface area contributed by atoms with E-state index in [1.165, 1.54) is 58.4 Å². The fraction of sp³-hybridized carbons (Fsp3) is 1.00. The largest absolute Gasteiger partial charge is 0.330 e. The van der Waals surface area contributed by atoms with Crippen molar-refractivity contribution in [2.45, 2.75) is 32.1 Å². The third-order valence-electron chi connectivity index (χ3n) is 7.24. The van der Waals surface area contributed by atoms with Crippen LogP contribution in [0.2, 0.25) is 0 Å². The fourth-order valence-electron chi connectivity index (χ4n) is 6.45. The van der Waals surface area contributed by atoms with Crippen LogP contribution in [0.3, 0.4) is 0 Å². The average molecular weight is 291 g/mol. The Morgan fingerprint density at radius 1 is 0.905 bits per heavy atom. The van der Waals surface area contributed by atoms with Gasteiger partial charge in [-0.1, -0.05) is 0 Å². The van der Waals surface area contributed by atoms with E-state index in [1.54, 1.807) is 6.42 Å². The first-order valence-corrected chi connectivity index (χ1v) is 9.34. The summed E-state index contributed by atoms with van der Waals surface area (Å²) < 4.78 is 0.